The van der Waals surface area contributed by atoms with Crippen molar-refractivity contribution in [2.45, 2.75) is 12.8 Å². The van der Waals surface area contributed by atoms with Gasteiger partial charge in [0.05, 0.1) is 12.7 Å². The van der Waals surface area contributed by atoms with Crippen LogP contribution in [0, 0.1) is 0 Å². The first kappa shape index (κ1) is 13.9. The summed E-state index contributed by atoms with van der Waals surface area (Å²) in [4.78, 5) is 12.0. The number of phenols is 2. The first-order valence-electron chi connectivity index (χ1n) is 6.28. The van der Waals surface area contributed by atoms with Crippen LogP contribution in [0.15, 0.2) is 42.5 Å². The average Bonchev–Trinajstić information content (AvgIpc) is 2.45. The highest BCUT2D eigenvalue weighted by molar-refractivity contribution is 5.98. The maximum absolute atomic E-state index is 12.0. The van der Waals surface area contributed by atoms with Crippen LogP contribution in [0.1, 0.15) is 22.3 Å². The molecule has 0 bridgehead atoms. The average molecular weight is 272 g/mol. The molecule has 2 rings (SSSR count). The second-order valence-corrected chi connectivity index (χ2v) is 4.48. The van der Waals surface area contributed by atoms with Gasteiger partial charge in [0.1, 0.15) is 17.2 Å². The molecule has 0 amide bonds. The van der Waals surface area contributed by atoms with E-state index in [0.717, 1.165) is 11.3 Å². The number of carbonyl (C=O) groups excluding carboxylic acids is 1. The molecule has 0 aliphatic rings. The molecule has 0 spiro atoms. The van der Waals surface area contributed by atoms with Crippen molar-refractivity contribution in [3.8, 4) is 17.2 Å². The van der Waals surface area contributed by atoms with Crippen molar-refractivity contribution in [2.24, 2.45) is 0 Å². The normalized spacial score (nSPS) is 10.2. The Morgan fingerprint density at radius 3 is 2.65 bits per heavy atom. The molecule has 4 heteroatoms. The summed E-state index contributed by atoms with van der Waals surface area (Å²) >= 11 is 0. The van der Waals surface area contributed by atoms with Crippen LogP contribution >= 0.6 is 0 Å². The number of aryl methyl sites for hydroxylation is 1. The summed E-state index contributed by atoms with van der Waals surface area (Å²) in [5.41, 5.74) is 1.22. The molecular formula is C16H16O4. The van der Waals surface area contributed by atoms with Gasteiger partial charge in [-0.15, -0.1) is 0 Å². The van der Waals surface area contributed by atoms with Crippen LogP contribution in [0.4, 0.5) is 0 Å². The van der Waals surface area contributed by atoms with E-state index >= 15 is 0 Å². The maximum Gasteiger partial charge on any atom is 0.166 e. The Labute approximate surface area is 117 Å². The fourth-order valence-corrected chi connectivity index (χ4v) is 1.98. The molecule has 0 aliphatic heterocycles. The maximum atomic E-state index is 12.0. The van der Waals surface area contributed by atoms with E-state index in [-0.39, 0.29) is 29.3 Å². The molecule has 2 aromatic carbocycles. The fraction of sp³-hybridized carbons (Fsp3) is 0.188. The lowest BCUT2D eigenvalue weighted by molar-refractivity contribution is 0.0980. The van der Waals surface area contributed by atoms with Gasteiger partial charge in [-0.3, -0.25) is 4.79 Å². The van der Waals surface area contributed by atoms with Gasteiger partial charge < -0.3 is 14.9 Å². The highest BCUT2D eigenvalue weighted by Gasteiger charge is 2.11. The van der Waals surface area contributed by atoms with Crippen molar-refractivity contribution in [1.82, 2.24) is 0 Å². The molecule has 0 unspecified atom stereocenters. The van der Waals surface area contributed by atoms with Gasteiger partial charge in [0.2, 0.25) is 0 Å². The standard InChI is InChI=1S/C16H16O4/c1-20-13-4-2-3-11(9-13)5-8-15(18)14-7-6-12(17)10-16(14)19/h2-4,6-7,9-10,17,19H,5,8H2,1H3. The van der Waals surface area contributed by atoms with Gasteiger partial charge in [-0.2, -0.15) is 0 Å². The molecule has 0 aromatic heterocycles. The van der Waals surface area contributed by atoms with Crippen LogP contribution in [0.5, 0.6) is 17.2 Å². The number of rotatable bonds is 5. The SMILES string of the molecule is COc1cccc(CCC(=O)c2ccc(O)cc2O)c1. The third-order valence-electron chi connectivity index (χ3n) is 3.06. The van der Waals surface area contributed by atoms with Crippen molar-refractivity contribution in [3.63, 3.8) is 0 Å². The third kappa shape index (κ3) is 3.29. The molecule has 0 radical (unpaired) electrons. The zero-order chi connectivity index (χ0) is 14.5. The molecule has 0 fully saturated rings. The van der Waals surface area contributed by atoms with E-state index in [0.29, 0.717) is 6.42 Å². The van der Waals surface area contributed by atoms with Crippen LogP contribution in [0.25, 0.3) is 0 Å². The van der Waals surface area contributed by atoms with Crippen LogP contribution in [0.3, 0.4) is 0 Å². The molecule has 0 saturated carbocycles. The molecule has 0 aliphatic carbocycles. The number of Topliss-reactive ketones (excluding diaryl/α,β-unsaturated/α-hetero) is 1. The van der Waals surface area contributed by atoms with E-state index in [1.54, 1.807) is 7.11 Å². The first-order chi connectivity index (χ1) is 9.60. The van der Waals surface area contributed by atoms with Crippen LogP contribution in [-0.2, 0) is 6.42 Å². The Hall–Kier alpha value is -2.49. The van der Waals surface area contributed by atoms with Crippen molar-refractivity contribution in [3.05, 3.63) is 53.6 Å². The Bertz CT molecular complexity index is 620. The van der Waals surface area contributed by atoms with Gasteiger partial charge in [-0.05, 0) is 36.2 Å². The van der Waals surface area contributed by atoms with Gasteiger partial charge >= 0.3 is 0 Å². The summed E-state index contributed by atoms with van der Waals surface area (Å²) in [6.45, 7) is 0. The lowest BCUT2D eigenvalue weighted by atomic mass is 10.0. The van der Waals surface area contributed by atoms with Gasteiger partial charge in [0, 0.05) is 12.5 Å². The number of carbonyl (C=O) groups is 1. The Morgan fingerprint density at radius 2 is 1.95 bits per heavy atom. The number of aromatic hydroxyl groups is 2. The molecule has 104 valence electrons. The Morgan fingerprint density at radius 1 is 1.15 bits per heavy atom. The van der Waals surface area contributed by atoms with Crippen molar-refractivity contribution in [2.75, 3.05) is 7.11 Å². The topological polar surface area (TPSA) is 66.8 Å². The van der Waals surface area contributed by atoms with E-state index in [4.69, 9.17) is 4.74 Å². The van der Waals surface area contributed by atoms with E-state index < -0.39 is 0 Å². The molecule has 4 nitrogen and oxygen atoms in total. The third-order valence-corrected chi connectivity index (χ3v) is 3.06. The quantitative estimate of drug-likeness (QED) is 0.821. The molecule has 2 aromatic rings. The minimum atomic E-state index is -0.194. The Balaban J connectivity index is 2.04. The summed E-state index contributed by atoms with van der Waals surface area (Å²) in [6.07, 6.45) is 0.849. The predicted molar refractivity (Wildman–Crippen MR) is 75.4 cm³/mol. The number of methoxy groups -OCH3 is 1. The molecule has 20 heavy (non-hydrogen) atoms. The van der Waals surface area contributed by atoms with E-state index in [9.17, 15) is 15.0 Å². The smallest absolute Gasteiger partial charge is 0.166 e. The monoisotopic (exact) mass is 272 g/mol. The summed E-state index contributed by atoms with van der Waals surface area (Å²) < 4.78 is 5.13. The lowest BCUT2D eigenvalue weighted by Crippen LogP contribution is -2.01. The van der Waals surface area contributed by atoms with Gasteiger partial charge in [0.15, 0.2) is 5.78 Å². The van der Waals surface area contributed by atoms with Gasteiger partial charge in [-0.25, -0.2) is 0 Å². The van der Waals surface area contributed by atoms with Gasteiger partial charge in [0.25, 0.3) is 0 Å². The first-order valence-corrected chi connectivity index (χ1v) is 6.28. The summed E-state index contributed by atoms with van der Waals surface area (Å²) in [6, 6.07) is 11.5. The highest BCUT2D eigenvalue weighted by Crippen LogP contribution is 2.24. The molecular weight excluding hydrogens is 256 g/mol. The number of phenolic OH excluding ortho intramolecular Hbond substituents is 2. The minimum Gasteiger partial charge on any atom is -0.508 e. The van der Waals surface area contributed by atoms with Crippen LogP contribution < -0.4 is 4.74 Å². The predicted octanol–water partition coefficient (Wildman–Crippen LogP) is 2.92. The van der Waals surface area contributed by atoms with Crippen LogP contribution in [0.2, 0.25) is 0 Å². The number of benzene rings is 2. The zero-order valence-electron chi connectivity index (χ0n) is 11.2. The Kier molecular flexibility index (Phi) is 4.25. The minimum absolute atomic E-state index is 0.0631. The second-order valence-electron chi connectivity index (χ2n) is 4.48. The van der Waals surface area contributed by atoms with Crippen LogP contribution in [-0.4, -0.2) is 23.1 Å². The van der Waals surface area contributed by atoms with E-state index in [2.05, 4.69) is 0 Å². The molecule has 2 N–H and O–H groups in total. The molecule has 0 heterocycles. The van der Waals surface area contributed by atoms with E-state index in [1.165, 1.54) is 18.2 Å². The zero-order valence-corrected chi connectivity index (χ0v) is 11.2. The number of hydrogen-bond donors (Lipinski definition) is 2. The van der Waals surface area contributed by atoms with Crippen molar-refractivity contribution < 1.29 is 19.7 Å². The van der Waals surface area contributed by atoms with E-state index in [1.807, 2.05) is 24.3 Å². The van der Waals surface area contributed by atoms with Crippen molar-refractivity contribution >= 4 is 5.78 Å². The summed E-state index contributed by atoms with van der Waals surface area (Å²) in [7, 11) is 1.60. The fourth-order valence-electron chi connectivity index (χ4n) is 1.98. The number of ketones is 1. The largest absolute Gasteiger partial charge is 0.508 e. The number of hydrogen-bond acceptors (Lipinski definition) is 4. The van der Waals surface area contributed by atoms with Crippen molar-refractivity contribution in [1.29, 1.82) is 0 Å². The number of ether oxygens (including phenoxy) is 1. The molecule has 0 saturated heterocycles. The second kappa shape index (κ2) is 6.10. The summed E-state index contributed by atoms with van der Waals surface area (Å²) in [5, 5.41) is 18.8. The summed E-state index contributed by atoms with van der Waals surface area (Å²) in [5.74, 6) is 0.334. The highest BCUT2D eigenvalue weighted by atomic mass is 16.5. The van der Waals surface area contributed by atoms with Gasteiger partial charge in [-0.1, -0.05) is 12.1 Å². The lowest BCUT2D eigenvalue weighted by Gasteiger charge is -2.06. The molecule has 0 atom stereocenters.